The molecule has 0 radical (unpaired) electrons. The first-order chi connectivity index (χ1) is 7.81. The Morgan fingerprint density at radius 1 is 1.50 bits per heavy atom. The molecule has 1 saturated heterocycles. The topological polar surface area (TPSA) is 41.6 Å². The van der Waals surface area contributed by atoms with Crippen LogP contribution in [0.1, 0.15) is 32.6 Å². The molecule has 0 aromatic carbocycles. The second-order valence-corrected chi connectivity index (χ2v) is 4.75. The highest BCUT2D eigenvalue weighted by atomic mass is 16.6. The van der Waals surface area contributed by atoms with Crippen molar-refractivity contribution in [1.82, 2.24) is 10.2 Å². The Kier molecular flexibility index (Phi) is 4.04. The number of ether oxygens (including phenoxy) is 1. The Morgan fingerprint density at radius 2 is 2.38 bits per heavy atom. The van der Waals surface area contributed by atoms with Gasteiger partial charge in [-0.2, -0.15) is 0 Å². The maximum absolute atomic E-state index is 11.3. The molecular weight excluding hydrogens is 204 g/mol. The molecule has 0 aromatic heterocycles. The molecule has 1 saturated carbocycles. The van der Waals surface area contributed by atoms with E-state index in [1.54, 1.807) is 0 Å². The molecular formula is C12H22N2O2. The van der Waals surface area contributed by atoms with E-state index in [4.69, 9.17) is 4.74 Å². The monoisotopic (exact) mass is 226 g/mol. The molecule has 1 heterocycles. The molecule has 2 unspecified atom stereocenters. The van der Waals surface area contributed by atoms with Crippen LogP contribution in [0.2, 0.25) is 0 Å². The molecule has 92 valence electrons. The van der Waals surface area contributed by atoms with Crippen molar-refractivity contribution >= 4 is 6.09 Å². The summed E-state index contributed by atoms with van der Waals surface area (Å²) in [6.07, 6.45) is 4.92. The zero-order chi connectivity index (χ0) is 11.4. The summed E-state index contributed by atoms with van der Waals surface area (Å²) in [5.41, 5.74) is 0. The summed E-state index contributed by atoms with van der Waals surface area (Å²) in [7, 11) is 0. The van der Waals surface area contributed by atoms with E-state index in [0.29, 0.717) is 12.6 Å². The van der Waals surface area contributed by atoms with Crippen LogP contribution in [0, 0.1) is 5.92 Å². The minimum atomic E-state index is -0.127. The van der Waals surface area contributed by atoms with Gasteiger partial charge in [0.15, 0.2) is 0 Å². The summed E-state index contributed by atoms with van der Waals surface area (Å²) in [5.74, 6) is 0.744. The van der Waals surface area contributed by atoms with Crippen molar-refractivity contribution in [2.45, 2.75) is 38.6 Å². The van der Waals surface area contributed by atoms with Crippen molar-refractivity contribution in [1.29, 1.82) is 0 Å². The average Bonchev–Trinajstić information content (AvgIpc) is 2.86. The molecule has 4 heteroatoms. The summed E-state index contributed by atoms with van der Waals surface area (Å²) in [6, 6.07) is 0.670. The number of nitrogens with zero attached hydrogens (tertiary/aromatic N) is 1. The highest BCUT2D eigenvalue weighted by molar-refractivity contribution is 5.69. The molecule has 0 aromatic rings. The summed E-state index contributed by atoms with van der Waals surface area (Å²) in [6.45, 7) is 5.42. The molecule has 2 aliphatic rings. The van der Waals surface area contributed by atoms with E-state index < -0.39 is 0 Å². The third-order valence-electron chi connectivity index (χ3n) is 3.74. The fourth-order valence-electron chi connectivity index (χ4n) is 2.86. The first-order valence-corrected chi connectivity index (χ1v) is 6.46. The molecule has 16 heavy (non-hydrogen) atoms. The molecule has 2 fully saturated rings. The van der Waals surface area contributed by atoms with Gasteiger partial charge in [-0.25, -0.2) is 4.79 Å². The predicted octanol–water partition coefficient (Wildman–Crippen LogP) is 1.61. The molecule has 1 aliphatic heterocycles. The third-order valence-corrected chi connectivity index (χ3v) is 3.74. The Balaban J connectivity index is 1.74. The molecule has 2 atom stereocenters. The average molecular weight is 226 g/mol. The first kappa shape index (κ1) is 11.7. The fourth-order valence-corrected chi connectivity index (χ4v) is 2.86. The van der Waals surface area contributed by atoms with Gasteiger partial charge in [0.1, 0.15) is 6.61 Å². The summed E-state index contributed by atoms with van der Waals surface area (Å²) < 4.78 is 4.93. The molecule has 4 nitrogen and oxygen atoms in total. The number of hydrogen-bond acceptors (Lipinski definition) is 3. The zero-order valence-corrected chi connectivity index (χ0v) is 10.1. The molecule has 1 amide bonds. The van der Waals surface area contributed by atoms with Gasteiger partial charge < -0.3 is 15.0 Å². The Hall–Kier alpha value is -0.770. The molecule has 0 bridgehead atoms. The van der Waals surface area contributed by atoms with Crippen molar-refractivity contribution in [3.63, 3.8) is 0 Å². The number of rotatable bonds is 5. The van der Waals surface area contributed by atoms with Crippen molar-refractivity contribution in [2.24, 2.45) is 5.92 Å². The van der Waals surface area contributed by atoms with Gasteiger partial charge in [-0.15, -0.1) is 0 Å². The second-order valence-electron chi connectivity index (χ2n) is 4.75. The van der Waals surface area contributed by atoms with Crippen molar-refractivity contribution in [3.8, 4) is 0 Å². The highest BCUT2D eigenvalue weighted by Crippen LogP contribution is 2.28. The number of amides is 1. The summed E-state index contributed by atoms with van der Waals surface area (Å²) in [4.78, 5) is 13.1. The lowest BCUT2D eigenvalue weighted by Gasteiger charge is -2.22. The van der Waals surface area contributed by atoms with Crippen LogP contribution >= 0.6 is 0 Å². The first-order valence-electron chi connectivity index (χ1n) is 6.46. The SMILES string of the molecule is CCNC1CCCC1CCN1CCOC1=O. The van der Waals surface area contributed by atoms with Crippen LogP contribution in [0.25, 0.3) is 0 Å². The van der Waals surface area contributed by atoms with Crippen molar-refractivity contribution in [3.05, 3.63) is 0 Å². The van der Waals surface area contributed by atoms with Crippen LogP contribution < -0.4 is 5.32 Å². The van der Waals surface area contributed by atoms with E-state index in [1.165, 1.54) is 19.3 Å². The number of nitrogens with one attached hydrogen (secondary N) is 1. The minimum absolute atomic E-state index is 0.127. The van der Waals surface area contributed by atoms with E-state index in [-0.39, 0.29) is 6.09 Å². The number of hydrogen-bond donors (Lipinski definition) is 1. The van der Waals surface area contributed by atoms with Crippen LogP contribution in [0.4, 0.5) is 4.79 Å². The third kappa shape index (κ3) is 2.67. The van der Waals surface area contributed by atoms with Gasteiger partial charge >= 0.3 is 6.09 Å². The van der Waals surface area contributed by atoms with E-state index >= 15 is 0 Å². The maximum Gasteiger partial charge on any atom is 0.409 e. The minimum Gasteiger partial charge on any atom is -0.448 e. The van der Waals surface area contributed by atoms with Gasteiger partial charge in [0.25, 0.3) is 0 Å². The molecule has 1 aliphatic carbocycles. The van der Waals surface area contributed by atoms with Gasteiger partial charge in [-0.1, -0.05) is 13.3 Å². The Morgan fingerprint density at radius 3 is 3.06 bits per heavy atom. The van der Waals surface area contributed by atoms with Crippen LogP contribution in [-0.4, -0.2) is 43.3 Å². The lowest BCUT2D eigenvalue weighted by Crippen LogP contribution is -2.35. The Labute approximate surface area is 97.3 Å². The van der Waals surface area contributed by atoms with E-state index in [0.717, 1.165) is 32.0 Å². The quantitative estimate of drug-likeness (QED) is 0.774. The molecule has 2 rings (SSSR count). The largest absolute Gasteiger partial charge is 0.448 e. The zero-order valence-electron chi connectivity index (χ0n) is 10.1. The predicted molar refractivity (Wildman–Crippen MR) is 62.3 cm³/mol. The van der Waals surface area contributed by atoms with Crippen LogP contribution in [-0.2, 0) is 4.74 Å². The van der Waals surface area contributed by atoms with E-state index in [9.17, 15) is 4.79 Å². The fraction of sp³-hybridized carbons (Fsp3) is 0.917. The lowest BCUT2D eigenvalue weighted by molar-refractivity contribution is 0.156. The molecule has 1 N–H and O–H groups in total. The Bertz CT molecular complexity index is 245. The van der Waals surface area contributed by atoms with Gasteiger partial charge in [-0.05, 0) is 31.7 Å². The van der Waals surface area contributed by atoms with E-state index in [1.807, 2.05) is 4.90 Å². The van der Waals surface area contributed by atoms with Crippen molar-refractivity contribution < 1.29 is 9.53 Å². The molecule has 0 spiro atoms. The van der Waals surface area contributed by atoms with Gasteiger partial charge in [0.05, 0.1) is 6.54 Å². The number of carbonyl (C=O) groups excluding carboxylic acids is 1. The van der Waals surface area contributed by atoms with Crippen molar-refractivity contribution in [2.75, 3.05) is 26.2 Å². The van der Waals surface area contributed by atoms with E-state index in [2.05, 4.69) is 12.2 Å². The standard InChI is InChI=1S/C12H22N2O2/c1-2-13-11-5-3-4-10(11)6-7-14-8-9-16-12(14)15/h10-11,13H,2-9H2,1H3. The summed E-state index contributed by atoms with van der Waals surface area (Å²) >= 11 is 0. The number of cyclic esters (lactones) is 1. The maximum atomic E-state index is 11.3. The van der Waals surface area contributed by atoms with Crippen LogP contribution in [0.5, 0.6) is 0 Å². The van der Waals surface area contributed by atoms with Gasteiger partial charge in [-0.3, -0.25) is 0 Å². The second kappa shape index (κ2) is 5.53. The number of carbonyl (C=O) groups is 1. The van der Waals surface area contributed by atoms with Crippen LogP contribution in [0.3, 0.4) is 0 Å². The van der Waals surface area contributed by atoms with Gasteiger partial charge in [0.2, 0.25) is 0 Å². The lowest BCUT2D eigenvalue weighted by atomic mass is 9.99. The van der Waals surface area contributed by atoms with Gasteiger partial charge in [0, 0.05) is 12.6 Å². The van der Waals surface area contributed by atoms with Crippen LogP contribution in [0.15, 0.2) is 0 Å². The smallest absolute Gasteiger partial charge is 0.409 e. The summed E-state index contributed by atoms with van der Waals surface area (Å²) in [5, 5.41) is 3.55. The normalized spacial score (nSPS) is 29.8. The highest BCUT2D eigenvalue weighted by Gasteiger charge is 2.28.